The number of nitrogens with two attached hydrogens (primary N) is 1. The molecule has 0 spiro atoms. The number of halogens is 2. The lowest BCUT2D eigenvalue weighted by molar-refractivity contribution is -0.139. The Morgan fingerprint density at radius 1 is 1.06 bits per heavy atom. The Hall–Kier alpha value is -1.30. The minimum absolute atomic E-state index is 0. The molecule has 1 amide bonds. The minimum Gasteiger partial charge on any atom is -0.332 e. The third-order valence-electron chi connectivity index (χ3n) is 7.74. The predicted molar refractivity (Wildman–Crippen MR) is 130 cm³/mol. The van der Waals surface area contributed by atoms with Crippen molar-refractivity contribution in [1.82, 2.24) is 14.5 Å². The second-order valence-electron chi connectivity index (χ2n) is 9.81. The molecule has 3 atom stereocenters. The number of carbonyl (C=O) groups excluding carboxylic acids is 1. The summed E-state index contributed by atoms with van der Waals surface area (Å²) in [6, 6.07) is 9.10. The zero-order valence-electron chi connectivity index (χ0n) is 18.6. The lowest BCUT2D eigenvalue weighted by Gasteiger charge is -2.44. The molecule has 172 valence electrons. The van der Waals surface area contributed by atoms with Crippen LogP contribution in [0.4, 0.5) is 0 Å². The minimum atomic E-state index is 0. The van der Waals surface area contributed by atoms with Gasteiger partial charge in [0.15, 0.2) is 0 Å². The Bertz CT molecular complexity index is 900. The van der Waals surface area contributed by atoms with Crippen LogP contribution in [0.15, 0.2) is 24.3 Å². The van der Waals surface area contributed by atoms with Crippen LogP contribution >= 0.6 is 24.8 Å². The van der Waals surface area contributed by atoms with Crippen molar-refractivity contribution in [3.8, 4) is 0 Å². The fourth-order valence-electron chi connectivity index (χ4n) is 6.37. The van der Waals surface area contributed by atoms with Gasteiger partial charge in [0.25, 0.3) is 0 Å². The number of fused-ring (bicyclic) bond motifs is 3. The maximum absolute atomic E-state index is 13.7. The van der Waals surface area contributed by atoms with Crippen LogP contribution in [0.25, 0.3) is 11.0 Å². The summed E-state index contributed by atoms with van der Waals surface area (Å²) >= 11 is 0. The van der Waals surface area contributed by atoms with Gasteiger partial charge in [-0.25, -0.2) is 4.98 Å². The number of nitrogens with zero attached hydrogens (tertiary/aromatic N) is 3. The van der Waals surface area contributed by atoms with E-state index in [9.17, 15) is 4.79 Å². The average Bonchev–Trinajstić information content (AvgIpc) is 3.31. The molecule has 3 fully saturated rings. The van der Waals surface area contributed by atoms with Gasteiger partial charge in [-0.15, -0.1) is 24.8 Å². The number of amides is 1. The Labute approximate surface area is 198 Å². The van der Waals surface area contributed by atoms with Gasteiger partial charge in [0, 0.05) is 24.5 Å². The van der Waals surface area contributed by atoms with Gasteiger partial charge >= 0.3 is 0 Å². The number of carbonyl (C=O) groups is 1. The Balaban J connectivity index is 0.00000136. The van der Waals surface area contributed by atoms with Crippen molar-refractivity contribution in [3.05, 3.63) is 30.1 Å². The van der Waals surface area contributed by atoms with Crippen molar-refractivity contribution in [3.63, 3.8) is 0 Å². The van der Waals surface area contributed by atoms with Crippen LogP contribution in [0.2, 0.25) is 0 Å². The molecule has 2 saturated carbocycles. The van der Waals surface area contributed by atoms with Crippen molar-refractivity contribution in [2.75, 3.05) is 6.54 Å². The van der Waals surface area contributed by atoms with Crippen LogP contribution in [0.1, 0.15) is 76.7 Å². The number of benzene rings is 1. The molecule has 2 heterocycles. The SMILES string of the molecule is CC(C)n1c(C2CCCN2C(=O)C2CC3CCCC(C2)C3N)nc2ccccc21.Cl.Cl. The van der Waals surface area contributed by atoms with Gasteiger partial charge in [-0.05, 0) is 76.3 Å². The fraction of sp³-hybridized carbons (Fsp3) is 0.667. The zero-order valence-corrected chi connectivity index (χ0v) is 20.2. The standard InChI is InChI=1S/C24H34N4O.2ClH/c1-15(2)28-20-10-4-3-9-19(20)26-23(28)21-11-6-12-27(21)24(29)18-13-16-7-5-8-17(14-18)22(16)25;;/h3-4,9-10,15-18,21-22H,5-8,11-14,25H2,1-2H3;2*1H. The highest BCUT2D eigenvalue weighted by molar-refractivity contribution is 5.85. The molecular formula is C24H36Cl2N4O. The number of para-hydroxylation sites is 2. The fourth-order valence-corrected chi connectivity index (χ4v) is 6.37. The van der Waals surface area contributed by atoms with Crippen molar-refractivity contribution in [2.24, 2.45) is 23.5 Å². The van der Waals surface area contributed by atoms with Crippen LogP contribution < -0.4 is 5.73 Å². The second kappa shape index (κ2) is 9.68. The molecule has 2 aromatic rings. The molecule has 31 heavy (non-hydrogen) atoms. The van der Waals surface area contributed by atoms with Crippen molar-refractivity contribution >= 4 is 41.8 Å². The molecular weight excluding hydrogens is 431 g/mol. The summed E-state index contributed by atoms with van der Waals surface area (Å²) in [4.78, 5) is 20.8. The summed E-state index contributed by atoms with van der Waals surface area (Å²) in [7, 11) is 0. The summed E-state index contributed by atoms with van der Waals surface area (Å²) < 4.78 is 2.34. The molecule has 1 aromatic heterocycles. The van der Waals surface area contributed by atoms with E-state index < -0.39 is 0 Å². The molecule has 1 aromatic carbocycles. The van der Waals surface area contributed by atoms with E-state index in [1.54, 1.807) is 0 Å². The van der Waals surface area contributed by atoms with Gasteiger partial charge in [-0.2, -0.15) is 0 Å². The van der Waals surface area contributed by atoms with E-state index in [4.69, 9.17) is 10.7 Å². The highest BCUT2D eigenvalue weighted by Crippen LogP contribution is 2.44. The van der Waals surface area contributed by atoms with E-state index >= 15 is 0 Å². The van der Waals surface area contributed by atoms with Crippen molar-refractivity contribution < 1.29 is 4.79 Å². The summed E-state index contributed by atoms with van der Waals surface area (Å²) in [6.45, 7) is 5.29. The first-order valence-corrected chi connectivity index (χ1v) is 11.6. The molecule has 1 saturated heterocycles. The number of hydrogen-bond acceptors (Lipinski definition) is 3. The summed E-state index contributed by atoms with van der Waals surface area (Å²) in [6.07, 6.45) is 7.75. The molecule has 3 unspecified atom stereocenters. The van der Waals surface area contributed by atoms with Crippen LogP contribution in [0.3, 0.4) is 0 Å². The van der Waals surface area contributed by atoms with E-state index in [0.29, 0.717) is 29.8 Å². The van der Waals surface area contributed by atoms with E-state index in [-0.39, 0.29) is 36.8 Å². The maximum Gasteiger partial charge on any atom is 0.226 e. The lowest BCUT2D eigenvalue weighted by atomic mass is 9.65. The molecule has 5 rings (SSSR count). The first kappa shape index (κ1) is 24.3. The Morgan fingerprint density at radius 3 is 2.42 bits per heavy atom. The third-order valence-corrected chi connectivity index (χ3v) is 7.74. The topological polar surface area (TPSA) is 64.2 Å². The molecule has 5 nitrogen and oxygen atoms in total. The summed E-state index contributed by atoms with van der Waals surface area (Å²) in [5.74, 6) is 2.66. The van der Waals surface area contributed by atoms with Crippen LogP contribution in [0, 0.1) is 17.8 Å². The van der Waals surface area contributed by atoms with E-state index in [0.717, 1.165) is 43.6 Å². The summed E-state index contributed by atoms with van der Waals surface area (Å²) in [5, 5.41) is 0. The Morgan fingerprint density at radius 2 is 1.74 bits per heavy atom. The average molecular weight is 467 g/mol. The van der Waals surface area contributed by atoms with E-state index in [1.165, 1.54) is 24.8 Å². The number of aromatic nitrogens is 2. The predicted octanol–water partition coefficient (Wildman–Crippen LogP) is 5.28. The number of hydrogen-bond donors (Lipinski definition) is 1. The third kappa shape index (κ3) is 4.21. The van der Waals surface area contributed by atoms with Gasteiger partial charge < -0.3 is 15.2 Å². The van der Waals surface area contributed by atoms with Gasteiger partial charge in [0.1, 0.15) is 5.82 Å². The number of imidazole rings is 1. The first-order chi connectivity index (χ1) is 14.0. The van der Waals surface area contributed by atoms with Crippen LogP contribution in [0.5, 0.6) is 0 Å². The van der Waals surface area contributed by atoms with Crippen molar-refractivity contribution in [2.45, 2.75) is 76.9 Å². The van der Waals surface area contributed by atoms with Crippen LogP contribution in [-0.2, 0) is 4.79 Å². The van der Waals surface area contributed by atoms with E-state index in [1.807, 2.05) is 6.07 Å². The molecule has 2 bridgehead atoms. The maximum atomic E-state index is 13.7. The molecule has 2 N–H and O–H groups in total. The smallest absolute Gasteiger partial charge is 0.226 e. The van der Waals surface area contributed by atoms with Gasteiger partial charge in [0.05, 0.1) is 17.1 Å². The molecule has 1 aliphatic heterocycles. The summed E-state index contributed by atoms with van der Waals surface area (Å²) in [5.41, 5.74) is 8.69. The highest BCUT2D eigenvalue weighted by Gasteiger charge is 2.44. The number of likely N-dealkylation sites (tertiary alicyclic amines) is 1. The molecule has 7 heteroatoms. The molecule has 3 aliphatic rings. The molecule has 2 aliphatic carbocycles. The van der Waals surface area contributed by atoms with Gasteiger partial charge in [0.2, 0.25) is 5.91 Å². The van der Waals surface area contributed by atoms with E-state index in [2.05, 4.69) is 41.5 Å². The van der Waals surface area contributed by atoms with Gasteiger partial charge in [-0.1, -0.05) is 18.6 Å². The zero-order chi connectivity index (χ0) is 20.1. The van der Waals surface area contributed by atoms with Crippen LogP contribution in [-0.4, -0.2) is 32.9 Å². The van der Waals surface area contributed by atoms with Crippen molar-refractivity contribution in [1.29, 1.82) is 0 Å². The lowest BCUT2D eigenvalue weighted by Crippen LogP contribution is -2.49. The first-order valence-electron chi connectivity index (χ1n) is 11.6. The number of rotatable bonds is 3. The largest absolute Gasteiger partial charge is 0.332 e. The Kier molecular flexibility index (Phi) is 7.60. The highest BCUT2D eigenvalue weighted by atomic mass is 35.5. The normalized spacial score (nSPS) is 30.2. The monoisotopic (exact) mass is 466 g/mol. The second-order valence-corrected chi connectivity index (χ2v) is 9.81. The quantitative estimate of drug-likeness (QED) is 0.668. The molecule has 0 radical (unpaired) electrons. The van der Waals surface area contributed by atoms with Gasteiger partial charge in [-0.3, -0.25) is 4.79 Å².